The number of carbonyl (C=O) groups excluding carboxylic acids is 1. The van der Waals surface area contributed by atoms with Gasteiger partial charge in [0.15, 0.2) is 0 Å². The lowest BCUT2D eigenvalue weighted by Crippen LogP contribution is -2.41. The van der Waals surface area contributed by atoms with E-state index in [1.165, 1.54) is 6.08 Å². The Bertz CT molecular complexity index is 902. The number of cyclic esters (lactones) is 1. The third-order valence-electron chi connectivity index (χ3n) is 4.77. The highest BCUT2D eigenvalue weighted by atomic mass is 16.5. The quantitative estimate of drug-likeness (QED) is 0.316. The molecule has 0 aromatic heterocycles. The van der Waals surface area contributed by atoms with Crippen molar-refractivity contribution in [3.8, 4) is 0 Å². The largest absolute Gasteiger partial charge is 0.511 e. The van der Waals surface area contributed by atoms with Gasteiger partial charge in [0.05, 0.1) is 11.0 Å². The number of rotatable bonds is 7. The maximum absolute atomic E-state index is 11.9. The molecule has 1 unspecified atom stereocenters. The second-order valence-electron chi connectivity index (χ2n) is 8.14. The van der Waals surface area contributed by atoms with Crippen LogP contribution in [0.2, 0.25) is 0 Å². The second kappa shape index (κ2) is 10.6. The summed E-state index contributed by atoms with van der Waals surface area (Å²) in [7, 11) is 0. The van der Waals surface area contributed by atoms with Gasteiger partial charge in [-0.15, -0.1) is 0 Å². The fourth-order valence-corrected chi connectivity index (χ4v) is 3.32. The van der Waals surface area contributed by atoms with Crippen molar-refractivity contribution in [1.29, 1.82) is 0 Å². The van der Waals surface area contributed by atoms with Crippen LogP contribution in [-0.2, 0) is 14.3 Å². The molecule has 1 heterocycles. The summed E-state index contributed by atoms with van der Waals surface area (Å²) in [5.41, 5.74) is 3.06. The first-order valence-corrected chi connectivity index (χ1v) is 9.77. The molecule has 30 heavy (non-hydrogen) atoms. The molecule has 1 atom stereocenters. The predicted molar refractivity (Wildman–Crippen MR) is 120 cm³/mol. The van der Waals surface area contributed by atoms with Crippen molar-refractivity contribution in [3.05, 3.63) is 82.2 Å². The van der Waals surface area contributed by atoms with Crippen LogP contribution < -0.4 is 0 Å². The van der Waals surface area contributed by atoms with E-state index in [2.05, 4.69) is 0 Å². The maximum Gasteiger partial charge on any atom is 0.337 e. The molecular weight excluding hydrogens is 380 g/mol. The molecule has 162 valence electrons. The van der Waals surface area contributed by atoms with Crippen molar-refractivity contribution in [2.75, 3.05) is 0 Å². The van der Waals surface area contributed by atoms with Crippen molar-refractivity contribution in [2.45, 2.75) is 54.6 Å². The number of carboxylic acids is 1. The minimum Gasteiger partial charge on any atom is -0.511 e. The summed E-state index contributed by atoms with van der Waals surface area (Å²) < 4.78 is 5.51. The number of aliphatic carboxylic acids is 1. The van der Waals surface area contributed by atoms with E-state index in [0.29, 0.717) is 5.57 Å². The summed E-state index contributed by atoms with van der Waals surface area (Å²) in [4.78, 5) is 22.6. The van der Waals surface area contributed by atoms with Gasteiger partial charge in [-0.1, -0.05) is 53.7 Å². The SMILES string of the molecule is CC(=CC(=O)O)C=C(C)C=C(C)C=CC=CC=C(C)C1OC(=O)C(C)=C(O)C1(C)C. The van der Waals surface area contributed by atoms with Crippen LogP contribution in [0.5, 0.6) is 0 Å². The summed E-state index contributed by atoms with van der Waals surface area (Å²) in [5.74, 6) is -1.39. The molecule has 0 aromatic carbocycles. The Morgan fingerprint density at radius 3 is 2.13 bits per heavy atom. The van der Waals surface area contributed by atoms with Gasteiger partial charge < -0.3 is 14.9 Å². The van der Waals surface area contributed by atoms with Gasteiger partial charge in [-0.2, -0.15) is 0 Å². The summed E-state index contributed by atoms with van der Waals surface area (Å²) in [6.07, 6.45) is 13.8. The average molecular weight is 413 g/mol. The first-order valence-electron chi connectivity index (χ1n) is 9.77. The van der Waals surface area contributed by atoms with Crippen LogP contribution in [0, 0.1) is 5.41 Å². The molecule has 0 aliphatic carbocycles. The van der Waals surface area contributed by atoms with Crippen LogP contribution in [0.1, 0.15) is 48.5 Å². The minimum absolute atomic E-state index is 0.0676. The molecule has 1 rings (SSSR count). The van der Waals surface area contributed by atoms with Crippen LogP contribution in [-0.4, -0.2) is 28.3 Å². The third-order valence-corrected chi connectivity index (χ3v) is 4.77. The number of ether oxygens (including phenoxy) is 1. The molecule has 0 saturated heterocycles. The number of aliphatic hydroxyl groups is 1. The number of hydrogen-bond donors (Lipinski definition) is 2. The van der Waals surface area contributed by atoms with Gasteiger partial charge in [-0.25, -0.2) is 9.59 Å². The molecule has 0 spiro atoms. The smallest absolute Gasteiger partial charge is 0.337 e. The maximum atomic E-state index is 11.9. The van der Waals surface area contributed by atoms with E-state index in [9.17, 15) is 14.7 Å². The fourth-order valence-electron chi connectivity index (χ4n) is 3.32. The van der Waals surface area contributed by atoms with Crippen LogP contribution in [0.15, 0.2) is 82.2 Å². The van der Waals surface area contributed by atoms with E-state index in [4.69, 9.17) is 9.84 Å². The molecule has 1 aliphatic heterocycles. The zero-order valence-electron chi connectivity index (χ0n) is 18.8. The van der Waals surface area contributed by atoms with Gasteiger partial charge in [-0.3, -0.25) is 0 Å². The standard InChI is InChI=1S/C25H32O5/c1-16(13-17(2)14-18(3)15-21(26)27)11-9-8-10-12-19(4)23-25(6,7)22(28)20(5)24(29)30-23/h8-15,23,28H,1-7H3,(H,26,27). The molecule has 0 amide bonds. The van der Waals surface area contributed by atoms with Gasteiger partial charge >= 0.3 is 11.9 Å². The van der Waals surface area contributed by atoms with E-state index in [1.54, 1.807) is 13.8 Å². The molecule has 0 bridgehead atoms. The first kappa shape index (κ1) is 25.0. The van der Waals surface area contributed by atoms with Crippen molar-refractivity contribution >= 4 is 11.9 Å². The zero-order chi connectivity index (χ0) is 23.1. The Balaban J connectivity index is 2.83. The van der Waals surface area contributed by atoms with Crippen LogP contribution in [0.3, 0.4) is 0 Å². The summed E-state index contributed by atoms with van der Waals surface area (Å²) in [6, 6.07) is 0. The van der Waals surface area contributed by atoms with Crippen LogP contribution >= 0.6 is 0 Å². The van der Waals surface area contributed by atoms with Crippen molar-refractivity contribution in [2.24, 2.45) is 5.41 Å². The Morgan fingerprint density at radius 1 is 0.967 bits per heavy atom. The normalized spacial score (nSPS) is 21.6. The Kier molecular flexibility index (Phi) is 8.84. The molecule has 5 heteroatoms. The van der Waals surface area contributed by atoms with Gasteiger partial charge in [0.2, 0.25) is 0 Å². The highest BCUT2D eigenvalue weighted by Crippen LogP contribution is 2.40. The lowest BCUT2D eigenvalue weighted by molar-refractivity contribution is -0.151. The van der Waals surface area contributed by atoms with Gasteiger partial charge in [0, 0.05) is 6.08 Å². The molecule has 0 radical (unpaired) electrons. The molecular formula is C25H32O5. The number of hydrogen-bond acceptors (Lipinski definition) is 4. The highest BCUT2D eigenvalue weighted by molar-refractivity contribution is 5.90. The average Bonchev–Trinajstić information content (AvgIpc) is 2.61. The topological polar surface area (TPSA) is 83.8 Å². The number of aliphatic hydroxyl groups excluding tert-OH is 1. The van der Waals surface area contributed by atoms with E-state index >= 15 is 0 Å². The first-order chi connectivity index (χ1) is 13.9. The third kappa shape index (κ3) is 7.07. The molecule has 0 aromatic rings. The monoisotopic (exact) mass is 412 g/mol. The number of esters is 1. The van der Waals surface area contributed by atoms with Crippen molar-refractivity contribution < 1.29 is 24.5 Å². The second-order valence-corrected chi connectivity index (χ2v) is 8.14. The Morgan fingerprint density at radius 2 is 1.53 bits per heavy atom. The molecule has 2 N–H and O–H groups in total. The molecule has 1 aliphatic rings. The highest BCUT2D eigenvalue weighted by Gasteiger charge is 2.43. The van der Waals surface area contributed by atoms with Crippen molar-refractivity contribution in [3.63, 3.8) is 0 Å². The summed E-state index contributed by atoms with van der Waals surface area (Å²) >= 11 is 0. The van der Waals surface area contributed by atoms with Crippen LogP contribution in [0.25, 0.3) is 0 Å². The van der Waals surface area contributed by atoms with E-state index < -0.39 is 23.5 Å². The summed E-state index contributed by atoms with van der Waals surface area (Å²) in [5, 5.41) is 19.1. The van der Waals surface area contributed by atoms with Crippen molar-refractivity contribution in [1.82, 2.24) is 0 Å². The Hall–Kier alpha value is -3.08. The van der Waals surface area contributed by atoms with Gasteiger partial charge in [0.25, 0.3) is 0 Å². The van der Waals surface area contributed by atoms with Gasteiger partial charge in [0.1, 0.15) is 11.9 Å². The number of carbonyl (C=O) groups is 2. The molecule has 0 fully saturated rings. The van der Waals surface area contributed by atoms with Crippen LogP contribution in [0.4, 0.5) is 0 Å². The fraction of sp³-hybridized carbons (Fsp3) is 0.360. The number of carboxylic acid groups (broad SMARTS) is 1. The number of allylic oxidation sites excluding steroid dienone is 10. The lowest BCUT2D eigenvalue weighted by Gasteiger charge is -2.38. The lowest BCUT2D eigenvalue weighted by atomic mass is 9.77. The van der Waals surface area contributed by atoms with E-state index in [-0.39, 0.29) is 11.3 Å². The van der Waals surface area contributed by atoms with E-state index in [1.807, 2.05) is 77.2 Å². The zero-order valence-corrected chi connectivity index (χ0v) is 18.8. The predicted octanol–water partition coefficient (Wildman–Crippen LogP) is 5.75. The van der Waals surface area contributed by atoms with E-state index in [0.717, 1.165) is 16.7 Å². The summed E-state index contributed by atoms with van der Waals surface area (Å²) in [6.45, 7) is 12.7. The van der Waals surface area contributed by atoms with Gasteiger partial charge in [-0.05, 0) is 59.6 Å². The minimum atomic E-state index is -0.960. The Labute approximate surface area is 179 Å². The molecule has 0 saturated carbocycles. The molecule has 5 nitrogen and oxygen atoms in total.